The minimum absolute atomic E-state index is 0.0692. The van der Waals surface area contributed by atoms with Gasteiger partial charge in [0.2, 0.25) is 0 Å². The van der Waals surface area contributed by atoms with Crippen LogP contribution in [0.1, 0.15) is 61.5 Å². The summed E-state index contributed by atoms with van der Waals surface area (Å²) in [5, 5.41) is 3.00. The average Bonchev–Trinajstić information content (AvgIpc) is 2.64. The van der Waals surface area contributed by atoms with Gasteiger partial charge in [0.15, 0.2) is 0 Å². The number of nitrogens with one attached hydrogen (secondary N) is 1. The first-order chi connectivity index (χ1) is 12.8. The Morgan fingerprint density at radius 1 is 1.04 bits per heavy atom. The molecule has 0 saturated carbocycles. The first kappa shape index (κ1) is 19.3. The van der Waals surface area contributed by atoms with Crippen molar-refractivity contribution in [3.63, 3.8) is 0 Å². The van der Waals surface area contributed by atoms with E-state index < -0.39 is 0 Å². The molecular weight excluding hydrogens is 334 g/mol. The second kappa shape index (κ2) is 7.63. The normalized spacial score (nSPS) is 14.9. The fraction of sp³-hybridized carbons (Fsp3) is 0.435. The van der Waals surface area contributed by atoms with Crippen molar-refractivity contribution >= 4 is 23.0 Å². The van der Waals surface area contributed by atoms with Crippen LogP contribution in [-0.2, 0) is 5.41 Å². The molecule has 2 aromatic carbocycles. The molecule has 3 N–H and O–H groups in total. The lowest BCUT2D eigenvalue weighted by molar-refractivity contribution is 0.102. The van der Waals surface area contributed by atoms with E-state index in [-0.39, 0.29) is 11.3 Å². The van der Waals surface area contributed by atoms with Crippen LogP contribution < -0.4 is 16.0 Å². The van der Waals surface area contributed by atoms with E-state index in [0.29, 0.717) is 16.9 Å². The number of hydrogen-bond donors (Lipinski definition) is 2. The fourth-order valence-electron chi connectivity index (χ4n) is 3.62. The number of carbonyl (C=O) groups is 1. The average molecular weight is 366 g/mol. The summed E-state index contributed by atoms with van der Waals surface area (Å²) >= 11 is 0. The molecule has 27 heavy (non-hydrogen) atoms. The Hall–Kier alpha value is -2.49. The van der Waals surface area contributed by atoms with Crippen LogP contribution in [0.3, 0.4) is 0 Å². The Morgan fingerprint density at radius 2 is 1.67 bits per heavy atom. The van der Waals surface area contributed by atoms with Gasteiger partial charge in [-0.3, -0.25) is 4.79 Å². The van der Waals surface area contributed by atoms with Gasteiger partial charge in [-0.1, -0.05) is 32.9 Å². The maximum Gasteiger partial charge on any atom is 0.255 e. The maximum absolute atomic E-state index is 12.7. The van der Waals surface area contributed by atoms with Gasteiger partial charge in [-0.05, 0) is 67.0 Å². The fourth-order valence-corrected chi connectivity index (χ4v) is 3.62. The van der Waals surface area contributed by atoms with Gasteiger partial charge in [0.05, 0.1) is 11.4 Å². The quantitative estimate of drug-likeness (QED) is 0.743. The largest absolute Gasteiger partial charge is 0.397 e. The lowest BCUT2D eigenvalue weighted by Crippen LogP contribution is -2.30. The molecule has 0 radical (unpaired) electrons. The van der Waals surface area contributed by atoms with E-state index in [1.165, 1.54) is 30.5 Å². The maximum atomic E-state index is 12.7. The Balaban J connectivity index is 1.81. The summed E-state index contributed by atoms with van der Waals surface area (Å²) < 4.78 is 0. The van der Waals surface area contributed by atoms with Gasteiger partial charge in [0.1, 0.15) is 0 Å². The second-order valence-corrected chi connectivity index (χ2v) is 8.56. The number of aryl methyl sites for hydroxylation is 1. The Morgan fingerprint density at radius 3 is 2.26 bits per heavy atom. The van der Waals surface area contributed by atoms with Gasteiger partial charge in [-0.2, -0.15) is 0 Å². The van der Waals surface area contributed by atoms with E-state index in [9.17, 15) is 4.79 Å². The first-order valence-electron chi connectivity index (χ1n) is 9.82. The predicted octanol–water partition coefficient (Wildman–Crippen LogP) is 5.12. The molecule has 1 heterocycles. The van der Waals surface area contributed by atoms with Crippen LogP contribution in [-0.4, -0.2) is 19.0 Å². The molecule has 4 heteroatoms. The molecule has 0 unspecified atom stereocenters. The van der Waals surface area contributed by atoms with Gasteiger partial charge >= 0.3 is 0 Å². The second-order valence-electron chi connectivity index (χ2n) is 8.56. The molecule has 144 valence electrons. The summed E-state index contributed by atoms with van der Waals surface area (Å²) in [6.45, 7) is 10.7. The van der Waals surface area contributed by atoms with E-state index in [1.807, 2.05) is 36.4 Å². The molecule has 0 aromatic heterocycles. The third-order valence-corrected chi connectivity index (χ3v) is 5.33. The van der Waals surface area contributed by atoms with Crippen LogP contribution in [0.5, 0.6) is 0 Å². The molecule has 4 nitrogen and oxygen atoms in total. The van der Waals surface area contributed by atoms with Gasteiger partial charge in [-0.25, -0.2) is 0 Å². The van der Waals surface area contributed by atoms with Crippen LogP contribution in [0.15, 0.2) is 36.4 Å². The molecule has 1 amide bonds. The van der Waals surface area contributed by atoms with Crippen LogP contribution in [0, 0.1) is 6.92 Å². The number of rotatable bonds is 3. The molecule has 0 atom stereocenters. The summed E-state index contributed by atoms with van der Waals surface area (Å²) in [6, 6.07) is 11.8. The van der Waals surface area contributed by atoms with Crippen molar-refractivity contribution in [2.24, 2.45) is 0 Å². The molecule has 1 fully saturated rings. The van der Waals surface area contributed by atoms with Crippen molar-refractivity contribution in [1.82, 2.24) is 0 Å². The Kier molecular flexibility index (Phi) is 5.45. The van der Waals surface area contributed by atoms with Gasteiger partial charge in [0, 0.05) is 24.3 Å². The summed E-state index contributed by atoms with van der Waals surface area (Å²) in [7, 11) is 0. The van der Waals surface area contributed by atoms with Crippen molar-refractivity contribution < 1.29 is 4.79 Å². The molecular formula is C23H31N3O. The standard InChI is InChI=1S/C23H31N3O/c1-16-14-19(24)20(15-21(16)26-12-6-5-7-13-26)25-22(27)17-8-10-18(11-9-17)23(2,3)4/h8-11,14-15H,5-7,12-13,24H2,1-4H3,(H,25,27). The summed E-state index contributed by atoms with van der Waals surface area (Å²) in [4.78, 5) is 15.1. The molecule has 3 rings (SSSR count). The van der Waals surface area contributed by atoms with E-state index in [4.69, 9.17) is 5.73 Å². The topological polar surface area (TPSA) is 58.4 Å². The third kappa shape index (κ3) is 4.44. The smallest absolute Gasteiger partial charge is 0.255 e. The zero-order chi connectivity index (χ0) is 19.6. The number of anilines is 3. The van der Waals surface area contributed by atoms with E-state index in [2.05, 4.69) is 37.9 Å². The van der Waals surface area contributed by atoms with Crippen molar-refractivity contribution in [3.05, 3.63) is 53.1 Å². The summed E-state index contributed by atoms with van der Waals surface area (Å²) in [6.07, 6.45) is 3.72. The minimum Gasteiger partial charge on any atom is -0.397 e. The molecule has 1 aliphatic heterocycles. The monoisotopic (exact) mass is 365 g/mol. The number of hydrogen-bond acceptors (Lipinski definition) is 3. The molecule has 0 aliphatic carbocycles. The number of carbonyl (C=O) groups excluding carboxylic acids is 1. The number of nitrogen functional groups attached to an aromatic ring is 1. The zero-order valence-corrected chi connectivity index (χ0v) is 16.9. The van der Waals surface area contributed by atoms with Crippen LogP contribution in [0.2, 0.25) is 0 Å². The number of benzene rings is 2. The summed E-state index contributed by atoms with van der Waals surface area (Å²) in [5.41, 5.74) is 11.7. The predicted molar refractivity (Wildman–Crippen MR) is 115 cm³/mol. The molecule has 1 aliphatic rings. The highest BCUT2D eigenvalue weighted by atomic mass is 16.1. The van der Waals surface area contributed by atoms with Crippen LogP contribution >= 0.6 is 0 Å². The molecule has 0 bridgehead atoms. The third-order valence-electron chi connectivity index (χ3n) is 5.33. The highest BCUT2D eigenvalue weighted by Crippen LogP contribution is 2.32. The van der Waals surface area contributed by atoms with Crippen molar-refractivity contribution in [3.8, 4) is 0 Å². The lowest BCUT2D eigenvalue weighted by atomic mass is 9.87. The Bertz CT molecular complexity index is 813. The SMILES string of the molecule is Cc1cc(N)c(NC(=O)c2ccc(C(C)(C)C)cc2)cc1N1CCCCC1. The lowest BCUT2D eigenvalue weighted by Gasteiger charge is -2.31. The number of amides is 1. The highest BCUT2D eigenvalue weighted by molar-refractivity contribution is 6.06. The van der Waals surface area contributed by atoms with E-state index in [0.717, 1.165) is 18.7 Å². The molecule has 2 aromatic rings. The number of nitrogens with two attached hydrogens (primary N) is 1. The zero-order valence-electron chi connectivity index (χ0n) is 16.9. The summed E-state index contributed by atoms with van der Waals surface area (Å²) in [5.74, 6) is -0.129. The van der Waals surface area contributed by atoms with E-state index in [1.54, 1.807) is 0 Å². The van der Waals surface area contributed by atoms with Gasteiger partial charge < -0.3 is 16.0 Å². The number of piperidine rings is 1. The van der Waals surface area contributed by atoms with Crippen LogP contribution in [0.4, 0.5) is 17.1 Å². The van der Waals surface area contributed by atoms with Crippen molar-refractivity contribution in [2.75, 3.05) is 29.0 Å². The van der Waals surface area contributed by atoms with Crippen molar-refractivity contribution in [2.45, 2.75) is 52.4 Å². The van der Waals surface area contributed by atoms with E-state index >= 15 is 0 Å². The molecule has 0 spiro atoms. The number of nitrogens with zero attached hydrogens (tertiary/aromatic N) is 1. The molecule has 1 saturated heterocycles. The minimum atomic E-state index is -0.129. The van der Waals surface area contributed by atoms with Crippen LogP contribution in [0.25, 0.3) is 0 Å². The van der Waals surface area contributed by atoms with Gasteiger partial charge in [-0.15, -0.1) is 0 Å². The first-order valence-corrected chi connectivity index (χ1v) is 9.82. The van der Waals surface area contributed by atoms with Gasteiger partial charge in [0.25, 0.3) is 5.91 Å². The highest BCUT2D eigenvalue weighted by Gasteiger charge is 2.17. The Labute approximate surface area is 162 Å². The van der Waals surface area contributed by atoms with Crippen molar-refractivity contribution in [1.29, 1.82) is 0 Å².